The minimum atomic E-state index is -1.70. The molecule has 4 atom stereocenters. The van der Waals surface area contributed by atoms with Gasteiger partial charge in [-0.2, -0.15) is 4.98 Å². The number of H-pyrrole nitrogens is 1. The molecule has 10 heteroatoms. The van der Waals surface area contributed by atoms with Crippen LogP contribution in [0.3, 0.4) is 0 Å². The number of ether oxygens (including phenoxy) is 1. The van der Waals surface area contributed by atoms with Gasteiger partial charge in [-0.1, -0.05) is 0 Å². The van der Waals surface area contributed by atoms with Crippen molar-refractivity contribution in [3.8, 4) is 0 Å². The molecule has 1 aliphatic heterocycles. The predicted octanol–water partition coefficient (Wildman–Crippen LogP) is -1.67. The Labute approximate surface area is 117 Å². The minimum Gasteiger partial charge on any atom is -0.394 e. The second kappa shape index (κ2) is 5.06. The number of aromatic amines is 1. The number of anilines is 1. The van der Waals surface area contributed by atoms with Crippen molar-refractivity contribution in [2.45, 2.75) is 24.4 Å². The first-order valence-electron chi connectivity index (χ1n) is 6.30. The van der Waals surface area contributed by atoms with Crippen LogP contribution >= 0.6 is 0 Å². The van der Waals surface area contributed by atoms with Crippen LogP contribution in [0.5, 0.6) is 0 Å². The van der Waals surface area contributed by atoms with Crippen molar-refractivity contribution in [1.29, 1.82) is 0 Å². The summed E-state index contributed by atoms with van der Waals surface area (Å²) in [7, 11) is 0. The molecule has 0 spiro atoms. The number of rotatable bonds is 2. The van der Waals surface area contributed by atoms with Crippen LogP contribution in [0.1, 0.15) is 6.04 Å². The van der Waals surface area contributed by atoms with Crippen LogP contribution in [-0.2, 0) is 4.74 Å². The molecule has 0 radical (unpaired) electrons. The van der Waals surface area contributed by atoms with Gasteiger partial charge in [0.2, 0.25) is 5.95 Å². The lowest BCUT2D eigenvalue weighted by atomic mass is 9.99. The summed E-state index contributed by atoms with van der Waals surface area (Å²) in [5.74, 6) is -0.116. The maximum atomic E-state index is 14.3. The molecule has 0 saturated carbocycles. The first kappa shape index (κ1) is 13.9. The van der Waals surface area contributed by atoms with E-state index in [9.17, 15) is 14.3 Å². The fourth-order valence-corrected chi connectivity index (χ4v) is 2.43. The molecule has 0 aromatic carbocycles. The summed E-state index contributed by atoms with van der Waals surface area (Å²) in [6, 6.07) is -0.915. The first-order chi connectivity index (χ1) is 10.0. The van der Waals surface area contributed by atoms with Gasteiger partial charge >= 0.3 is 0 Å². The minimum absolute atomic E-state index is 0.0233. The Morgan fingerprint density at radius 2 is 2.38 bits per heavy atom. The molecule has 1 fully saturated rings. The summed E-state index contributed by atoms with van der Waals surface area (Å²) < 4.78 is 20.9. The van der Waals surface area contributed by atoms with Gasteiger partial charge in [0.1, 0.15) is 12.2 Å². The van der Waals surface area contributed by atoms with Gasteiger partial charge in [-0.15, -0.1) is 0 Å². The Kier molecular flexibility index (Phi) is 3.35. The van der Waals surface area contributed by atoms with Gasteiger partial charge in [0.25, 0.3) is 5.56 Å². The molecule has 0 unspecified atom stereocenters. The topological polar surface area (TPSA) is 139 Å². The number of hydrogen-bond donors (Lipinski definition) is 4. The average molecular weight is 299 g/mol. The van der Waals surface area contributed by atoms with Crippen molar-refractivity contribution in [2.75, 3.05) is 18.9 Å². The van der Waals surface area contributed by atoms with Crippen LogP contribution in [-0.4, -0.2) is 61.3 Å². The van der Waals surface area contributed by atoms with E-state index in [2.05, 4.69) is 15.0 Å². The summed E-state index contributed by atoms with van der Waals surface area (Å²) in [6.45, 7) is -0.576. The van der Waals surface area contributed by atoms with E-state index in [1.165, 1.54) is 10.9 Å². The molecule has 2 aromatic heterocycles. The molecule has 9 nitrogen and oxygen atoms in total. The smallest absolute Gasteiger partial charge is 0.280 e. The largest absolute Gasteiger partial charge is 0.394 e. The lowest BCUT2D eigenvalue weighted by molar-refractivity contribution is -0.148. The van der Waals surface area contributed by atoms with Crippen molar-refractivity contribution in [3.63, 3.8) is 0 Å². The summed E-state index contributed by atoms with van der Waals surface area (Å²) >= 11 is 0. The van der Waals surface area contributed by atoms with Crippen LogP contribution in [0, 0.1) is 0 Å². The predicted molar refractivity (Wildman–Crippen MR) is 69.3 cm³/mol. The van der Waals surface area contributed by atoms with Gasteiger partial charge in [-0.25, -0.2) is 9.37 Å². The highest BCUT2D eigenvalue weighted by atomic mass is 19.1. The molecule has 3 rings (SSSR count). The van der Waals surface area contributed by atoms with E-state index in [0.29, 0.717) is 0 Å². The number of nitrogen functional groups attached to an aromatic ring is 1. The van der Waals surface area contributed by atoms with E-state index in [1.807, 2.05) is 0 Å². The van der Waals surface area contributed by atoms with Gasteiger partial charge in [0.15, 0.2) is 17.3 Å². The van der Waals surface area contributed by atoms with Crippen molar-refractivity contribution in [1.82, 2.24) is 19.5 Å². The number of nitrogens with zero attached hydrogens (tertiary/aromatic N) is 3. The highest BCUT2D eigenvalue weighted by Crippen LogP contribution is 2.28. The van der Waals surface area contributed by atoms with E-state index in [-0.39, 0.29) is 23.7 Å². The summed E-state index contributed by atoms with van der Waals surface area (Å²) in [5.41, 5.74) is 5.08. The third-order valence-electron chi connectivity index (χ3n) is 3.54. The number of aromatic nitrogens is 4. The van der Waals surface area contributed by atoms with Gasteiger partial charge in [0, 0.05) is 0 Å². The van der Waals surface area contributed by atoms with Crippen molar-refractivity contribution in [2.24, 2.45) is 0 Å². The summed E-state index contributed by atoms with van der Waals surface area (Å²) in [6.07, 6.45) is -2.91. The van der Waals surface area contributed by atoms with Crippen LogP contribution < -0.4 is 11.3 Å². The quantitative estimate of drug-likeness (QED) is 0.520. The zero-order valence-electron chi connectivity index (χ0n) is 10.8. The number of fused-ring (bicyclic) bond motifs is 1. The standard InChI is InChI=1S/C11H14FN5O4/c12-6-4(2-21-5(1-18)8(6)19)17-3-14-7-9(17)15-11(13)16-10(7)20/h3-6,8,18-19H,1-2H2,(H3,13,15,16,20)/t4-,5-,6+,8-/m1/s1. The number of imidazole rings is 1. The second-order valence-electron chi connectivity index (χ2n) is 4.83. The third-order valence-corrected chi connectivity index (χ3v) is 3.54. The fraction of sp³-hybridized carbons (Fsp3) is 0.545. The zero-order chi connectivity index (χ0) is 15.1. The molecular weight excluding hydrogens is 285 g/mol. The number of alkyl halides is 1. The first-order valence-corrected chi connectivity index (χ1v) is 6.30. The van der Waals surface area contributed by atoms with Gasteiger partial charge < -0.3 is 25.3 Å². The number of aliphatic hydroxyl groups excluding tert-OH is 2. The van der Waals surface area contributed by atoms with E-state index in [1.54, 1.807) is 0 Å². The third kappa shape index (κ3) is 2.17. The van der Waals surface area contributed by atoms with Gasteiger partial charge in [-0.05, 0) is 0 Å². The lowest BCUT2D eigenvalue weighted by Crippen LogP contribution is -2.50. The molecule has 0 aliphatic carbocycles. The van der Waals surface area contributed by atoms with Gasteiger partial charge in [-0.3, -0.25) is 9.78 Å². The highest BCUT2D eigenvalue weighted by Gasteiger charge is 2.41. The lowest BCUT2D eigenvalue weighted by Gasteiger charge is -2.36. The maximum Gasteiger partial charge on any atom is 0.280 e. The Bertz CT molecular complexity index is 716. The Hall–Kier alpha value is -2.04. The molecular formula is C11H14FN5O4. The molecule has 5 N–H and O–H groups in total. The van der Waals surface area contributed by atoms with E-state index in [4.69, 9.17) is 15.6 Å². The number of hydrogen-bond acceptors (Lipinski definition) is 7. The van der Waals surface area contributed by atoms with Gasteiger partial charge in [0.05, 0.1) is 25.6 Å². The van der Waals surface area contributed by atoms with Crippen LogP contribution in [0.15, 0.2) is 11.1 Å². The van der Waals surface area contributed by atoms with Crippen molar-refractivity contribution < 1.29 is 19.3 Å². The second-order valence-corrected chi connectivity index (χ2v) is 4.83. The maximum absolute atomic E-state index is 14.3. The Balaban J connectivity index is 2.03. The SMILES string of the molecule is Nc1nc2c(ncn2[C@@H]2CO[C@H](CO)[C@@H](O)[C@H]2F)c(=O)[nH]1. The number of aliphatic hydroxyl groups is 2. The fourth-order valence-electron chi connectivity index (χ4n) is 2.43. The molecule has 0 amide bonds. The van der Waals surface area contributed by atoms with E-state index in [0.717, 1.165) is 0 Å². The zero-order valence-corrected chi connectivity index (χ0v) is 10.8. The monoisotopic (exact) mass is 299 g/mol. The molecule has 21 heavy (non-hydrogen) atoms. The molecule has 1 aliphatic rings. The van der Waals surface area contributed by atoms with Crippen molar-refractivity contribution in [3.05, 3.63) is 16.7 Å². The molecule has 114 valence electrons. The van der Waals surface area contributed by atoms with E-state index >= 15 is 0 Å². The summed E-state index contributed by atoms with van der Waals surface area (Å²) in [5, 5.41) is 18.8. The van der Waals surface area contributed by atoms with Crippen molar-refractivity contribution >= 4 is 17.1 Å². The Morgan fingerprint density at radius 1 is 1.62 bits per heavy atom. The molecule has 1 saturated heterocycles. The molecule has 2 aromatic rings. The van der Waals surface area contributed by atoms with Crippen LogP contribution in [0.2, 0.25) is 0 Å². The molecule has 3 heterocycles. The van der Waals surface area contributed by atoms with Crippen LogP contribution in [0.25, 0.3) is 11.2 Å². The number of halogens is 1. The average Bonchev–Trinajstić information content (AvgIpc) is 2.86. The Morgan fingerprint density at radius 3 is 3.10 bits per heavy atom. The van der Waals surface area contributed by atoms with E-state index < -0.39 is 36.6 Å². The summed E-state index contributed by atoms with van der Waals surface area (Å²) in [4.78, 5) is 21.8. The number of nitrogens with two attached hydrogens (primary N) is 1. The highest BCUT2D eigenvalue weighted by molar-refractivity contribution is 5.70. The normalized spacial score (nSPS) is 29.9. The van der Waals surface area contributed by atoms with Crippen LogP contribution in [0.4, 0.5) is 10.3 Å². The number of nitrogens with one attached hydrogen (secondary N) is 1. The molecule has 0 bridgehead atoms.